The molecule has 1 aromatic carbocycles. The molecule has 0 atom stereocenters. The standard InChI is InChI=1S/C17H16N4O4/c1-3-7-20-16(22)14(9-18)11(2)15(17(20)23)10-19-12-5-4-6-13(8-12)21(24)25/h4-6,8,10,23H,3,7H2,1-2H3. The molecule has 0 spiro atoms. The molecule has 0 amide bonds. The van der Waals surface area contributed by atoms with E-state index in [1.165, 1.54) is 24.4 Å². The Kier molecular flexibility index (Phi) is 5.29. The van der Waals surface area contributed by atoms with E-state index in [4.69, 9.17) is 0 Å². The Labute approximate surface area is 143 Å². The fourth-order valence-electron chi connectivity index (χ4n) is 2.38. The minimum absolute atomic E-state index is 0.0632. The van der Waals surface area contributed by atoms with E-state index < -0.39 is 10.5 Å². The Morgan fingerprint density at radius 3 is 2.80 bits per heavy atom. The van der Waals surface area contributed by atoms with Crippen molar-refractivity contribution in [2.75, 3.05) is 0 Å². The number of nitriles is 1. The predicted octanol–water partition coefficient (Wildman–Crippen LogP) is 2.80. The van der Waals surface area contributed by atoms with E-state index in [2.05, 4.69) is 4.99 Å². The van der Waals surface area contributed by atoms with Gasteiger partial charge in [-0.1, -0.05) is 13.0 Å². The van der Waals surface area contributed by atoms with Crippen molar-refractivity contribution in [2.45, 2.75) is 26.8 Å². The zero-order valence-electron chi connectivity index (χ0n) is 13.8. The lowest BCUT2D eigenvalue weighted by Gasteiger charge is -2.13. The van der Waals surface area contributed by atoms with Gasteiger partial charge < -0.3 is 5.11 Å². The van der Waals surface area contributed by atoms with E-state index in [9.17, 15) is 25.3 Å². The number of pyridine rings is 1. The lowest BCUT2D eigenvalue weighted by molar-refractivity contribution is -0.384. The van der Waals surface area contributed by atoms with Crippen molar-refractivity contribution in [3.05, 3.63) is 61.4 Å². The molecular formula is C17H16N4O4. The van der Waals surface area contributed by atoms with Crippen LogP contribution in [0.2, 0.25) is 0 Å². The predicted molar refractivity (Wildman–Crippen MR) is 92.5 cm³/mol. The Morgan fingerprint density at radius 1 is 1.48 bits per heavy atom. The summed E-state index contributed by atoms with van der Waals surface area (Å²) in [5.41, 5.74) is 0.144. The SMILES string of the molecule is CCCn1c(O)c(C=Nc2cccc([N+](=O)[O-])c2)c(C)c(C#N)c1=O. The number of non-ortho nitro benzene ring substituents is 1. The van der Waals surface area contributed by atoms with Gasteiger partial charge in [-0.25, -0.2) is 0 Å². The molecule has 0 saturated heterocycles. The number of hydrogen-bond acceptors (Lipinski definition) is 6. The van der Waals surface area contributed by atoms with Crippen LogP contribution in [0.25, 0.3) is 0 Å². The molecule has 8 heteroatoms. The zero-order chi connectivity index (χ0) is 18.6. The van der Waals surface area contributed by atoms with Gasteiger partial charge in [0.1, 0.15) is 11.6 Å². The summed E-state index contributed by atoms with van der Waals surface area (Å²) in [5, 5.41) is 30.4. The van der Waals surface area contributed by atoms with Gasteiger partial charge in [0, 0.05) is 24.9 Å². The van der Waals surface area contributed by atoms with Gasteiger partial charge in [0.05, 0.1) is 16.2 Å². The van der Waals surface area contributed by atoms with Gasteiger partial charge in [-0.05, 0) is 25.0 Å². The van der Waals surface area contributed by atoms with Crippen LogP contribution < -0.4 is 5.56 Å². The number of aliphatic imine (C=N–C) groups is 1. The monoisotopic (exact) mass is 340 g/mol. The topological polar surface area (TPSA) is 122 Å². The summed E-state index contributed by atoms with van der Waals surface area (Å²) in [6, 6.07) is 7.56. The van der Waals surface area contributed by atoms with Crippen LogP contribution in [-0.2, 0) is 6.54 Å². The molecular weight excluding hydrogens is 324 g/mol. The molecule has 0 aliphatic carbocycles. The van der Waals surface area contributed by atoms with Crippen LogP contribution in [0.3, 0.4) is 0 Å². The Balaban J connectivity index is 2.58. The molecule has 1 N–H and O–H groups in total. The first-order chi connectivity index (χ1) is 11.9. The molecule has 0 bridgehead atoms. The molecule has 0 aliphatic rings. The Hall–Kier alpha value is -3.47. The fraction of sp³-hybridized carbons (Fsp3) is 0.235. The summed E-state index contributed by atoms with van der Waals surface area (Å²) < 4.78 is 1.13. The average molecular weight is 340 g/mol. The number of aromatic hydroxyl groups is 1. The number of benzene rings is 1. The molecule has 8 nitrogen and oxygen atoms in total. The van der Waals surface area contributed by atoms with Crippen molar-refractivity contribution in [1.82, 2.24) is 4.57 Å². The van der Waals surface area contributed by atoms with Crippen LogP contribution in [0.1, 0.15) is 30.0 Å². The minimum Gasteiger partial charge on any atom is -0.494 e. The second-order valence-electron chi connectivity index (χ2n) is 5.34. The Morgan fingerprint density at radius 2 is 2.20 bits per heavy atom. The van der Waals surface area contributed by atoms with Crippen molar-refractivity contribution in [1.29, 1.82) is 5.26 Å². The molecule has 2 rings (SSSR count). The van der Waals surface area contributed by atoms with Crippen molar-refractivity contribution >= 4 is 17.6 Å². The van der Waals surface area contributed by atoms with E-state index >= 15 is 0 Å². The van der Waals surface area contributed by atoms with Gasteiger partial charge >= 0.3 is 0 Å². The maximum atomic E-state index is 12.2. The second kappa shape index (κ2) is 7.40. The first kappa shape index (κ1) is 17.9. The van der Waals surface area contributed by atoms with Gasteiger partial charge in [0.2, 0.25) is 5.88 Å². The number of aromatic nitrogens is 1. The third-order valence-electron chi connectivity index (χ3n) is 3.68. The summed E-state index contributed by atoms with van der Waals surface area (Å²) in [6.07, 6.45) is 1.90. The number of rotatable bonds is 5. The van der Waals surface area contributed by atoms with Crippen LogP contribution >= 0.6 is 0 Å². The van der Waals surface area contributed by atoms with Gasteiger partial charge in [-0.3, -0.25) is 24.5 Å². The summed E-state index contributed by atoms with van der Waals surface area (Å²) in [6.45, 7) is 3.65. The summed E-state index contributed by atoms with van der Waals surface area (Å²) in [7, 11) is 0. The van der Waals surface area contributed by atoms with Crippen LogP contribution in [0, 0.1) is 28.4 Å². The maximum Gasteiger partial charge on any atom is 0.271 e. The minimum atomic E-state index is -0.549. The highest BCUT2D eigenvalue weighted by atomic mass is 16.6. The van der Waals surface area contributed by atoms with E-state index in [1.807, 2.05) is 13.0 Å². The first-order valence-electron chi connectivity index (χ1n) is 7.55. The number of nitro benzene ring substituents is 1. The lowest BCUT2D eigenvalue weighted by atomic mass is 10.1. The highest BCUT2D eigenvalue weighted by Gasteiger charge is 2.17. The largest absolute Gasteiger partial charge is 0.494 e. The normalized spacial score (nSPS) is 10.8. The van der Waals surface area contributed by atoms with Crippen molar-refractivity contribution in [3.8, 4) is 11.9 Å². The first-order valence-corrected chi connectivity index (χ1v) is 7.55. The summed E-state index contributed by atoms with van der Waals surface area (Å²) >= 11 is 0. The van der Waals surface area contributed by atoms with Crippen molar-refractivity contribution in [2.24, 2.45) is 4.99 Å². The zero-order valence-corrected chi connectivity index (χ0v) is 13.8. The van der Waals surface area contributed by atoms with Crippen molar-refractivity contribution in [3.63, 3.8) is 0 Å². The van der Waals surface area contributed by atoms with Gasteiger partial charge in [0.25, 0.3) is 11.2 Å². The average Bonchev–Trinajstić information content (AvgIpc) is 2.59. The number of nitrogens with zero attached hydrogens (tertiary/aromatic N) is 4. The smallest absolute Gasteiger partial charge is 0.271 e. The number of hydrogen-bond donors (Lipinski definition) is 1. The van der Waals surface area contributed by atoms with Crippen LogP contribution in [0.5, 0.6) is 5.88 Å². The van der Waals surface area contributed by atoms with E-state index in [0.717, 1.165) is 4.57 Å². The fourth-order valence-corrected chi connectivity index (χ4v) is 2.38. The quantitative estimate of drug-likeness (QED) is 0.509. The molecule has 1 heterocycles. The van der Waals surface area contributed by atoms with E-state index in [0.29, 0.717) is 17.7 Å². The second-order valence-corrected chi connectivity index (χ2v) is 5.34. The third kappa shape index (κ3) is 3.55. The molecule has 128 valence electrons. The highest BCUT2D eigenvalue weighted by Crippen LogP contribution is 2.23. The molecule has 25 heavy (non-hydrogen) atoms. The van der Waals surface area contributed by atoms with Gasteiger partial charge in [0.15, 0.2) is 0 Å². The Bertz CT molecular complexity index is 954. The lowest BCUT2D eigenvalue weighted by Crippen LogP contribution is -2.25. The maximum absolute atomic E-state index is 12.2. The molecule has 0 fully saturated rings. The molecule has 0 aliphatic heterocycles. The highest BCUT2D eigenvalue weighted by molar-refractivity contribution is 5.87. The van der Waals surface area contributed by atoms with Crippen molar-refractivity contribution < 1.29 is 10.0 Å². The van der Waals surface area contributed by atoms with Gasteiger partial charge in [-0.15, -0.1) is 0 Å². The summed E-state index contributed by atoms with van der Waals surface area (Å²) in [4.78, 5) is 26.7. The number of nitro groups is 1. The molecule has 0 unspecified atom stereocenters. The van der Waals surface area contributed by atoms with E-state index in [-0.39, 0.29) is 29.2 Å². The van der Waals surface area contributed by atoms with Crippen LogP contribution in [-0.4, -0.2) is 20.8 Å². The molecule has 0 radical (unpaired) electrons. The molecule has 0 saturated carbocycles. The van der Waals surface area contributed by atoms with Gasteiger partial charge in [-0.2, -0.15) is 5.26 Å². The summed E-state index contributed by atoms with van der Waals surface area (Å²) in [5.74, 6) is -0.280. The van der Waals surface area contributed by atoms with Crippen LogP contribution in [0.4, 0.5) is 11.4 Å². The van der Waals surface area contributed by atoms with E-state index in [1.54, 1.807) is 13.0 Å². The van der Waals surface area contributed by atoms with Crippen LogP contribution in [0.15, 0.2) is 34.1 Å². The molecule has 2 aromatic rings. The molecule has 1 aromatic heterocycles. The third-order valence-corrected chi connectivity index (χ3v) is 3.68.